The van der Waals surface area contributed by atoms with E-state index in [0.29, 0.717) is 17.1 Å². The van der Waals surface area contributed by atoms with E-state index < -0.39 is 18.2 Å². The van der Waals surface area contributed by atoms with Crippen molar-refractivity contribution in [2.75, 3.05) is 17.2 Å². The Balaban J connectivity index is 1.41. The van der Waals surface area contributed by atoms with E-state index in [1.165, 1.54) is 0 Å². The summed E-state index contributed by atoms with van der Waals surface area (Å²) in [5, 5.41) is 19.4. The normalized spacial score (nSPS) is 12.9. The quantitative estimate of drug-likeness (QED) is 0.278. The van der Waals surface area contributed by atoms with Crippen LogP contribution in [0.1, 0.15) is 35.4 Å². The Bertz CT molecular complexity index is 1440. The van der Waals surface area contributed by atoms with Gasteiger partial charge < -0.3 is 19.7 Å². The summed E-state index contributed by atoms with van der Waals surface area (Å²) >= 11 is 0. The number of aryl methyl sites for hydroxylation is 1. The first kappa shape index (κ1) is 24.1. The van der Waals surface area contributed by atoms with Gasteiger partial charge in [0.25, 0.3) is 0 Å². The molecule has 0 aliphatic carbocycles. The van der Waals surface area contributed by atoms with E-state index >= 15 is 0 Å². The van der Waals surface area contributed by atoms with Crippen LogP contribution in [0.3, 0.4) is 0 Å². The second-order valence-corrected chi connectivity index (χ2v) is 9.01. The van der Waals surface area contributed by atoms with Crippen molar-refractivity contribution in [2.45, 2.75) is 32.8 Å². The first-order valence-corrected chi connectivity index (χ1v) is 12.1. The number of benzene rings is 3. The zero-order valence-electron chi connectivity index (χ0n) is 20.6. The molecule has 37 heavy (non-hydrogen) atoms. The lowest BCUT2D eigenvalue weighted by Crippen LogP contribution is -2.16. The molecule has 2 heterocycles. The fourth-order valence-electron chi connectivity index (χ4n) is 4.64. The van der Waals surface area contributed by atoms with E-state index in [2.05, 4.69) is 15.8 Å². The second-order valence-electron chi connectivity index (χ2n) is 9.01. The number of hydrogen-bond donors (Lipinski definition) is 3. The minimum Gasteiger partial charge on any atom is -0.481 e. The molecule has 4 aromatic rings. The van der Waals surface area contributed by atoms with Crippen LogP contribution in [0.15, 0.2) is 71.3 Å². The number of nitrogens with one attached hydrogen (secondary N) is 2. The van der Waals surface area contributed by atoms with Crippen molar-refractivity contribution in [3.8, 4) is 22.5 Å². The smallest absolute Gasteiger partial charge is 0.412 e. The first-order valence-electron chi connectivity index (χ1n) is 12.1. The summed E-state index contributed by atoms with van der Waals surface area (Å²) in [6.07, 6.45) is -0.197. The number of aromatic nitrogens is 1. The van der Waals surface area contributed by atoms with Gasteiger partial charge in [0.05, 0.1) is 6.42 Å². The minimum atomic E-state index is -0.854. The molecular formula is C29H27N3O5. The van der Waals surface area contributed by atoms with Crippen LogP contribution in [0, 0.1) is 6.92 Å². The molecule has 0 saturated heterocycles. The van der Waals surface area contributed by atoms with Crippen molar-refractivity contribution >= 4 is 23.4 Å². The number of hydrogen-bond acceptors (Lipinski definition) is 6. The van der Waals surface area contributed by atoms with Gasteiger partial charge in [-0.25, -0.2) is 4.79 Å². The summed E-state index contributed by atoms with van der Waals surface area (Å²) in [7, 11) is 0. The third kappa shape index (κ3) is 5.04. The zero-order valence-corrected chi connectivity index (χ0v) is 20.6. The molecule has 0 saturated carbocycles. The average Bonchev–Trinajstić information content (AvgIpc) is 3.52. The van der Waals surface area contributed by atoms with E-state index in [1.54, 1.807) is 6.92 Å². The van der Waals surface area contributed by atoms with Crippen LogP contribution >= 0.6 is 0 Å². The van der Waals surface area contributed by atoms with E-state index in [-0.39, 0.29) is 6.42 Å². The topological polar surface area (TPSA) is 114 Å². The molecule has 1 aliphatic heterocycles. The molecule has 3 aromatic carbocycles. The van der Waals surface area contributed by atoms with Gasteiger partial charge in [-0.1, -0.05) is 65.8 Å². The molecule has 1 aromatic heterocycles. The fraction of sp³-hybridized carbons (Fsp3) is 0.207. The Kier molecular flexibility index (Phi) is 6.64. The summed E-state index contributed by atoms with van der Waals surface area (Å²) in [4.78, 5) is 23.7. The second kappa shape index (κ2) is 10.2. The highest BCUT2D eigenvalue weighted by atomic mass is 16.6. The lowest BCUT2D eigenvalue weighted by Gasteiger charge is -2.15. The van der Waals surface area contributed by atoms with E-state index in [4.69, 9.17) is 14.4 Å². The number of anilines is 2. The van der Waals surface area contributed by atoms with Crippen molar-refractivity contribution in [3.05, 3.63) is 89.1 Å². The predicted molar refractivity (Wildman–Crippen MR) is 141 cm³/mol. The van der Waals surface area contributed by atoms with Gasteiger partial charge >= 0.3 is 12.1 Å². The van der Waals surface area contributed by atoms with E-state index in [0.717, 1.165) is 52.0 Å². The Hall–Kier alpha value is -4.59. The number of carbonyl (C=O) groups excluding carboxylic acids is 1. The van der Waals surface area contributed by atoms with Gasteiger partial charge in [0.1, 0.15) is 17.5 Å². The number of nitrogens with zero attached hydrogens (tertiary/aromatic N) is 1. The molecule has 3 N–H and O–H groups in total. The maximum Gasteiger partial charge on any atom is 0.412 e. The SMILES string of the molecule is Cc1noc(-c2ccc(-c3ccc(CC(=O)O)cc3)c3c2NCC3)c1NC(=O)OC(C)c1ccccc1. The molecule has 5 rings (SSSR count). The lowest BCUT2D eigenvalue weighted by atomic mass is 9.93. The van der Waals surface area contributed by atoms with E-state index in [9.17, 15) is 9.59 Å². The fourth-order valence-corrected chi connectivity index (χ4v) is 4.64. The maximum atomic E-state index is 12.7. The Morgan fingerprint density at radius 1 is 1.08 bits per heavy atom. The number of carboxylic acids is 1. The monoisotopic (exact) mass is 497 g/mol. The predicted octanol–water partition coefficient (Wildman–Crippen LogP) is 6.22. The van der Waals surface area contributed by atoms with Gasteiger partial charge in [-0.15, -0.1) is 0 Å². The molecule has 0 radical (unpaired) electrons. The summed E-state index contributed by atoms with van der Waals surface area (Å²) in [6.45, 7) is 4.35. The summed E-state index contributed by atoms with van der Waals surface area (Å²) in [6, 6.07) is 21.1. The third-order valence-electron chi connectivity index (χ3n) is 6.50. The largest absolute Gasteiger partial charge is 0.481 e. The molecule has 0 spiro atoms. The Labute approximate surface area is 214 Å². The highest BCUT2D eigenvalue weighted by Gasteiger charge is 2.26. The van der Waals surface area contributed by atoms with Crippen molar-refractivity contribution in [3.63, 3.8) is 0 Å². The van der Waals surface area contributed by atoms with Gasteiger partial charge in [-0.3, -0.25) is 10.1 Å². The maximum absolute atomic E-state index is 12.7. The zero-order chi connectivity index (χ0) is 25.9. The van der Waals surface area contributed by atoms with Crippen LogP contribution in [0.5, 0.6) is 0 Å². The summed E-state index contributed by atoms with van der Waals surface area (Å²) < 4.78 is 11.3. The Morgan fingerprint density at radius 2 is 1.81 bits per heavy atom. The molecule has 1 atom stereocenters. The van der Waals surface area contributed by atoms with Crippen LogP contribution in [0.2, 0.25) is 0 Å². The molecule has 0 bridgehead atoms. The molecule has 0 fully saturated rings. The minimum absolute atomic E-state index is 0.00787. The number of rotatable bonds is 7. The highest BCUT2D eigenvalue weighted by Crippen LogP contribution is 2.43. The van der Waals surface area contributed by atoms with Gasteiger partial charge in [0.15, 0.2) is 5.76 Å². The third-order valence-corrected chi connectivity index (χ3v) is 6.50. The summed E-state index contributed by atoms with van der Waals surface area (Å²) in [5.41, 5.74) is 7.58. The highest BCUT2D eigenvalue weighted by molar-refractivity contribution is 5.95. The van der Waals surface area contributed by atoms with Crippen molar-refractivity contribution in [2.24, 2.45) is 0 Å². The number of carbonyl (C=O) groups is 2. The Morgan fingerprint density at radius 3 is 2.54 bits per heavy atom. The first-order chi connectivity index (χ1) is 17.9. The van der Waals surface area contributed by atoms with Gasteiger partial charge in [0.2, 0.25) is 0 Å². The molecular weight excluding hydrogens is 470 g/mol. The molecule has 1 unspecified atom stereocenters. The van der Waals surface area contributed by atoms with Crippen molar-refractivity contribution < 1.29 is 24.0 Å². The van der Waals surface area contributed by atoms with Crippen LogP contribution in [0.4, 0.5) is 16.2 Å². The molecule has 188 valence electrons. The number of carboxylic acid groups (broad SMARTS) is 1. The molecule has 8 heteroatoms. The van der Waals surface area contributed by atoms with Crippen molar-refractivity contribution in [1.29, 1.82) is 0 Å². The van der Waals surface area contributed by atoms with E-state index in [1.807, 2.05) is 73.7 Å². The molecule has 1 amide bonds. The number of fused-ring (bicyclic) bond motifs is 1. The standard InChI is InChI=1S/C29H27N3O5/c1-17-26(31-29(35)36-18(2)20-6-4-3-5-7-20)28(37-32-17)24-13-12-22(23-14-15-30-27(23)24)21-10-8-19(9-11-21)16-25(33)34/h3-13,18,30H,14-16H2,1-2H3,(H,31,35)(H,33,34). The lowest BCUT2D eigenvalue weighted by molar-refractivity contribution is -0.136. The average molecular weight is 498 g/mol. The van der Waals surface area contributed by atoms with Crippen LogP contribution in [-0.4, -0.2) is 28.9 Å². The van der Waals surface area contributed by atoms with Crippen molar-refractivity contribution in [1.82, 2.24) is 5.16 Å². The summed E-state index contributed by atoms with van der Waals surface area (Å²) in [5.74, 6) is -0.400. The molecule has 1 aliphatic rings. The van der Waals surface area contributed by atoms with Crippen LogP contribution < -0.4 is 10.6 Å². The van der Waals surface area contributed by atoms with Gasteiger partial charge in [0, 0.05) is 17.8 Å². The van der Waals surface area contributed by atoms with Crippen LogP contribution in [-0.2, 0) is 22.4 Å². The van der Waals surface area contributed by atoms with Gasteiger partial charge in [-0.2, -0.15) is 0 Å². The number of aliphatic carboxylic acids is 1. The molecule has 8 nitrogen and oxygen atoms in total. The van der Waals surface area contributed by atoms with Gasteiger partial charge in [-0.05, 0) is 54.2 Å². The number of ether oxygens (including phenoxy) is 1. The van der Waals surface area contributed by atoms with Crippen LogP contribution in [0.25, 0.3) is 22.5 Å². The number of amides is 1.